The number of carbonyl (C=O) groups is 1. The van der Waals surface area contributed by atoms with Crippen LogP contribution in [0.15, 0.2) is 48.5 Å². The molecule has 0 atom stereocenters. The second kappa shape index (κ2) is 6.30. The third-order valence-corrected chi connectivity index (χ3v) is 3.18. The molecule has 0 aromatic heterocycles. The van der Waals surface area contributed by atoms with E-state index in [4.69, 9.17) is 5.73 Å². The first kappa shape index (κ1) is 14.2. The zero-order valence-electron chi connectivity index (χ0n) is 11.3. The molecule has 0 aliphatic heterocycles. The zero-order chi connectivity index (χ0) is 14.5. The van der Waals surface area contributed by atoms with Crippen molar-refractivity contribution in [3.8, 4) is 0 Å². The molecule has 0 aliphatic carbocycles. The van der Waals surface area contributed by atoms with Gasteiger partial charge >= 0.3 is 0 Å². The van der Waals surface area contributed by atoms with E-state index >= 15 is 0 Å². The Kier molecular flexibility index (Phi) is 4.48. The second-order valence-corrected chi connectivity index (χ2v) is 4.63. The molecule has 4 heteroatoms. The van der Waals surface area contributed by atoms with Crippen molar-refractivity contribution in [2.24, 2.45) is 5.73 Å². The van der Waals surface area contributed by atoms with Crippen LogP contribution in [0.25, 0.3) is 0 Å². The first-order chi connectivity index (χ1) is 9.60. The van der Waals surface area contributed by atoms with Crippen LogP contribution in [0.4, 0.5) is 10.1 Å². The predicted molar refractivity (Wildman–Crippen MR) is 77.8 cm³/mol. The fourth-order valence-electron chi connectivity index (χ4n) is 1.94. The third kappa shape index (κ3) is 3.42. The summed E-state index contributed by atoms with van der Waals surface area (Å²) >= 11 is 0. The van der Waals surface area contributed by atoms with Gasteiger partial charge in [0.2, 0.25) is 5.91 Å². The van der Waals surface area contributed by atoms with Gasteiger partial charge in [-0.25, -0.2) is 4.39 Å². The molecular weight excluding hydrogens is 255 g/mol. The van der Waals surface area contributed by atoms with E-state index in [2.05, 4.69) is 0 Å². The number of hydrogen-bond donors (Lipinski definition) is 1. The van der Waals surface area contributed by atoms with Gasteiger partial charge in [0.05, 0.1) is 6.42 Å². The minimum atomic E-state index is -0.328. The molecule has 2 rings (SSSR count). The van der Waals surface area contributed by atoms with Crippen LogP contribution in [0.2, 0.25) is 0 Å². The van der Waals surface area contributed by atoms with Crippen LogP contribution < -0.4 is 10.6 Å². The smallest absolute Gasteiger partial charge is 0.231 e. The van der Waals surface area contributed by atoms with Crippen molar-refractivity contribution in [1.82, 2.24) is 0 Å². The molecule has 0 heterocycles. The fourth-order valence-corrected chi connectivity index (χ4v) is 1.94. The van der Waals surface area contributed by atoms with Gasteiger partial charge in [-0.2, -0.15) is 0 Å². The lowest BCUT2D eigenvalue weighted by molar-refractivity contribution is -0.117. The molecule has 0 bridgehead atoms. The molecular formula is C16H17FN2O. The van der Waals surface area contributed by atoms with Gasteiger partial charge in [-0.05, 0) is 35.4 Å². The Bertz CT molecular complexity index is 596. The monoisotopic (exact) mass is 272 g/mol. The van der Waals surface area contributed by atoms with Crippen LogP contribution in [0.3, 0.4) is 0 Å². The van der Waals surface area contributed by atoms with Crippen LogP contribution in [-0.4, -0.2) is 13.0 Å². The molecule has 104 valence electrons. The third-order valence-electron chi connectivity index (χ3n) is 3.18. The first-order valence-electron chi connectivity index (χ1n) is 6.40. The molecule has 0 saturated carbocycles. The van der Waals surface area contributed by atoms with Crippen molar-refractivity contribution >= 4 is 11.6 Å². The summed E-state index contributed by atoms with van der Waals surface area (Å²) in [5.41, 5.74) is 8.01. The van der Waals surface area contributed by atoms with Gasteiger partial charge in [0.1, 0.15) is 5.82 Å². The number of likely N-dealkylation sites (N-methyl/N-ethyl adjacent to an activating group) is 1. The Morgan fingerprint density at radius 1 is 1.15 bits per heavy atom. The second-order valence-electron chi connectivity index (χ2n) is 4.63. The summed E-state index contributed by atoms with van der Waals surface area (Å²) in [5.74, 6) is -0.415. The van der Waals surface area contributed by atoms with Crippen LogP contribution >= 0.6 is 0 Å². The highest BCUT2D eigenvalue weighted by Gasteiger charge is 2.11. The fraction of sp³-hybridized carbons (Fsp3) is 0.188. The number of carbonyl (C=O) groups excluding carboxylic acids is 1. The van der Waals surface area contributed by atoms with E-state index in [0.717, 1.165) is 11.3 Å². The highest BCUT2D eigenvalue weighted by Crippen LogP contribution is 2.15. The standard InChI is InChI=1S/C16H17FN2O/c1-19(15-7-5-12(11-18)6-8-15)16(20)10-13-3-2-4-14(17)9-13/h2-9H,10-11,18H2,1H3. The molecule has 2 aromatic carbocycles. The summed E-state index contributed by atoms with van der Waals surface area (Å²) in [7, 11) is 1.71. The predicted octanol–water partition coefficient (Wildman–Crippen LogP) is 2.49. The van der Waals surface area contributed by atoms with Crippen molar-refractivity contribution in [2.75, 3.05) is 11.9 Å². The normalized spacial score (nSPS) is 10.3. The molecule has 1 amide bonds. The van der Waals surface area contributed by atoms with Gasteiger partial charge in [-0.15, -0.1) is 0 Å². The number of amides is 1. The van der Waals surface area contributed by atoms with E-state index in [-0.39, 0.29) is 18.1 Å². The zero-order valence-corrected chi connectivity index (χ0v) is 11.3. The molecule has 2 N–H and O–H groups in total. The number of nitrogens with two attached hydrogens (primary N) is 1. The molecule has 20 heavy (non-hydrogen) atoms. The van der Waals surface area contributed by atoms with E-state index in [1.54, 1.807) is 24.1 Å². The van der Waals surface area contributed by atoms with Crippen molar-refractivity contribution < 1.29 is 9.18 Å². The average molecular weight is 272 g/mol. The lowest BCUT2D eigenvalue weighted by atomic mass is 10.1. The van der Waals surface area contributed by atoms with E-state index in [1.165, 1.54) is 12.1 Å². The minimum absolute atomic E-state index is 0.0869. The van der Waals surface area contributed by atoms with Crippen LogP contribution in [0.1, 0.15) is 11.1 Å². The number of hydrogen-bond acceptors (Lipinski definition) is 2. The Morgan fingerprint density at radius 2 is 1.85 bits per heavy atom. The summed E-state index contributed by atoms with van der Waals surface area (Å²) in [6.07, 6.45) is 0.174. The number of halogens is 1. The van der Waals surface area contributed by atoms with Gasteiger partial charge in [-0.3, -0.25) is 4.79 Å². The maximum absolute atomic E-state index is 13.1. The van der Waals surface area contributed by atoms with Crippen LogP contribution in [0, 0.1) is 5.82 Å². The highest BCUT2D eigenvalue weighted by atomic mass is 19.1. The van der Waals surface area contributed by atoms with E-state index in [1.807, 2.05) is 24.3 Å². The maximum Gasteiger partial charge on any atom is 0.231 e. The highest BCUT2D eigenvalue weighted by molar-refractivity contribution is 5.94. The van der Waals surface area contributed by atoms with E-state index < -0.39 is 0 Å². The topological polar surface area (TPSA) is 46.3 Å². The molecule has 0 aliphatic rings. The molecule has 0 saturated heterocycles. The van der Waals surface area contributed by atoms with E-state index in [9.17, 15) is 9.18 Å². The largest absolute Gasteiger partial charge is 0.326 e. The van der Waals surface area contributed by atoms with Gasteiger partial charge in [0.15, 0.2) is 0 Å². The summed E-state index contributed by atoms with van der Waals surface area (Å²) in [5, 5.41) is 0. The van der Waals surface area contributed by atoms with Crippen molar-refractivity contribution in [1.29, 1.82) is 0 Å². The minimum Gasteiger partial charge on any atom is -0.326 e. The average Bonchev–Trinajstić information content (AvgIpc) is 2.46. The van der Waals surface area contributed by atoms with Crippen LogP contribution in [-0.2, 0) is 17.8 Å². The van der Waals surface area contributed by atoms with Crippen molar-refractivity contribution in [3.05, 3.63) is 65.5 Å². The maximum atomic E-state index is 13.1. The quantitative estimate of drug-likeness (QED) is 0.929. The molecule has 0 spiro atoms. The summed E-state index contributed by atoms with van der Waals surface area (Å²) in [4.78, 5) is 13.7. The molecule has 2 aromatic rings. The summed E-state index contributed by atoms with van der Waals surface area (Å²) in [6, 6.07) is 13.6. The number of nitrogens with zero attached hydrogens (tertiary/aromatic N) is 1. The first-order valence-corrected chi connectivity index (χ1v) is 6.40. The Balaban J connectivity index is 2.07. The lowest BCUT2D eigenvalue weighted by Gasteiger charge is -2.17. The SMILES string of the molecule is CN(C(=O)Cc1cccc(F)c1)c1ccc(CN)cc1. The Labute approximate surface area is 117 Å². The van der Waals surface area contributed by atoms with Gasteiger partial charge in [-0.1, -0.05) is 24.3 Å². The van der Waals surface area contributed by atoms with E-state index in [0.29, 0.717) is 12.1 Å². The summed E-state index contributed by atoms with van der Waals surface area (Å²) < 4.78 is 13.1. The van der Waals surface area contributed by atoms with Gasteiger partial charge in [0, 0.05) is 19.3 Å². The Morgan fingerprint density at radius 3 is 2.45 bits per heavy atom. The Hall–Kier alpha value is -2.20. The van der Waals surface area contributed by atoms with Gasteiger partial charge in [0.25, 0.3) is 0 Å². The number of benzene rings is 2. The molecule has 0 unspecified atom stereocenters. The molecule has 0 radical (unpaired) electrons. The molecule has 3 nitrogen and oxygen atoms in total. The van der Waals surface area contributed by atoms with Crippen molar-refractivity contribution in [3.63, 3.8) is 0 Å². The molecule has 0 fully saturated rings. The summed E-state index contributed by atoms with van der Waals surface area (Å²) in [6.45, 7) is 0.473. The van der Waals surface area contributed by atoms with Crippen molar-refractivity contribution in [2.45, 2.75) is 13.0 Å². The van der Waals surface area contributed by atoms with Gasteiger partial charge < -0.3 is 10.6 Å². The number of anilines is 1. The van der Waals surface area contributed by atoms with Crippen LogP contribution in [0.5, 0.6) is 0 Å². The number of rotatable bonds is 4. The lowest BCUT2D eigenvalue weighted by Crippen LogP contribution is -2.27.